The lowest BCUT2D eigenvalue weighted by atomic mass is 9.93. The van der Waals surface area contributed by atoms with Crippen LogP contribution in [-0.2, 0) is 23.9 Å². The predicted octanol–water partition coefficient (Wildman–Crippen LogP) is 2.12. The Bertz CT molecular complexity index is 722. The van der Waals surface area contributed by atoms with Crippen LogP contribution in [0.4, 0.5) is 0 Å². The van der Waals surface area contributed by atoms with Gasteiger partial charge in [-0.2, -0.15) is 0 Å². The topological polar surface area (TPSA) is 101 Å². The Kier molecular flexibility index (Phi) is 7.01. The first-order valence-electron chi connectivity index (χ1n) is 8.59. The van der Waals surface area contributed by atoms with Gasteiger partial charge in [0.15, 0.2) is 5.12 Å². The van der Waals surface area contributed by atoms with Crippen molar-refractivity contribution in [2.45, 2.75) is 32.4 Å². The summed E-state index contributed by atoms with van der Waals surface area (Å²) in [5.74, 6) is -3.19. The lowest BCUT2D eigenvalue weighted by Crippen LogP contribution is -2.45. The fraction of sp³-hybridized carbons (Fsp3) is 0.474. The molecule has 1 heterocycles. The van der Waals surface area contributed by atoms with E-state index in [1.807, 2.05) is 0 Å². The number of ether oxygens (including phenoxy) is 1. The number of carbonyl (C=O) groups is 4. The first-order valence-corrected chi connectivity index (χ1v) is 9.57. The molecule has 0 bridgehead atoms. The molecule has 8 heteroatoms. The summed E-state index contributed by atoms with van der Waals surface area (Å²) < 4.78 is 4.86. The van der Waals surface area contributed by atoms with E-state index in [4.69, 9.17) is 4.74 Å². The molecule has 1 fully saturated rings. The molecule has 0 unspecified atom stereocenters. The summed E-state index contributed by atoms with van der Waals surface area (Å²) in [6.45, 7) is 3.07. The van der Waals surface area contributed by atoms with Crippen LogP contribution >= 0.6 is 11.8 Å². The third kappa shape index (κ3) is 4.68. The number of aliphatic carboxylic acids is 1. The lowest BCUT2D eigenvalue weighted by molar-refractivity contribution is -0.152. The van der Waals surface area contributed by atoms with Gasteiger partial charge in [-0.15, -0.1) is 0 Å². The molecule has 7 nitrogen and oxygen atoms in total. The highest BCUT2D eigenvalue weighted by molar-refractivity contribution is 8.13. The number of rotatable bonds is 6. The minimum absolute atomic E-state index is 0.0140. The molecule has 4 atom stereocenters. The van der Waals surface area contributed by atoms with Crippen molar-refractivity contribution in [3.63, 3.8) is 0 Å². The summed E-state index contributed by atoms with van der Waals surface area (Å²) in [6.07, 6.45) is -0.0140. The molecule has 0 spiro atoms. The van der Waals surface area contributed by atoms with E-state index in [9.17, 15) is 24.3 Å². The molecule has 1 aromatic carbocycles. The van der Waals surface area contributed by atoms with Crippen LogP contribution in [0.15, 0.2) is 30.3 Å². The van der Waals surface area contributed by atoms with Crippen LogP contribution in [0.5, 0.6) is 0 Å². The molecule has 0 aromatic heterocycles. The molecule has 1 aliphatic heterocycles. The van der Waals surface area contributed by atoms with E-state index in [2.05, 4.69) is 0 Å². The zero-order valence-corrected chi connectivity index (χ0v) is 16.3. The third-order valence-electron chi connectivity index (χ3n) is 4.64. The van der Waals surface area contributed by atoms with Crippen molar-refractivity contribution >= 4 is 34.7 Å². The summed E-state index contributed by atoms with van der Waals surface area (Å²) in [4.78, 5) is 49.7. The molecule has 0 radical (unpaired) electrons. The number of likely N-dealkylation sites (tertiary alicyclic amines) is 1. The fourth-order valence-electron chi connectivity index (χ4n) is 3.37. The molecule has 1 N–H and O–H groups in total. The Balaban J connectivity index is 2.43. The molecule has 1 aliphatic rings. The van der Waals surface area contributed by atoms with Gasteiger partial charge in [0.25, 0.3) is 0 Å². The molecule has 2 rings (SSSR count). The summed E-state index contributed by atoms with van der Waals surface area (Å²) in [6, 6.07) is 7.03. The van der Waals surface area contributed by atoms with E-state index in [1.165, 1.54) is 18.9 Å². The number of carboxylic acid groups (broad SMARTS) is 1. The van der Waals surface area contributed by atoms with E-state index < -0.39 is 41.8 Å². The highest BCUT2D eigenvalue weighted by Gasteiger charge is 2.51. The Morgan fingerprint density at radius 2 is 1.89 bits per heavy atom. The predicted molar refractivity (Wildman–Crippen MR) is 99.9 cm³/mol. The maximum Gasteiger partial charge on any atom is 0.326 e. The second-order valence-electron chi connectivity index (χ2n) is 6.52. The maximum atomic E-state index is 13.1. The zero-order valence-electron chi connectivity index (χ0n) is 15.5. The van der Waals surface area contributed by atoms with Crippen molar-refractivity contribution in [2.24, 2.45) is 11.8 Å². The number of thioether (sulfide) groups is 1. The van der Waals surface area contributed by atoms with Crippen LogP contribution in [0.25, 0.3) is 0 Å². The van der Waals surface area contributed by atoms with Crippen LogP contribution in [0.2, 0.25) is 0 Å². The first kappa shape index (κ1) is 21.0. The Morgan fingerprint density at radius 1 is 1.26 bits per heavy atom. The molecule has 1 saturated heterocycles. The van der Waals surface area contributed by atoms with Crippen LogP contribution in [0.1, 0.15) is 31.9 Å². The highest BCUT2D eigenvalue weighted by Crippen LogP contribution is 2.42. The van der Waals surface area contributed by atoms with Gasteiger partial charge in [0.2, 0.25) is 5.91 Å². The molecule has 27 heavy (non-hydrogen) atoms. The third-order valence-corrected chi connectivity index (χ3v) is 5.71. The number of hydrogen-bond donors (Lipinski definition) is 1. The molecule has 0 aliphatic carbocycles. The van der Waals surface area contributed by atoms with Gasteiger partial charge in [0.1, 0.15) is 6.04 Å². The van der Waals surface area contributed by atoms with Crippen molar-refractivity contribution in [3.8, 4) is 0 Å². The molecule has 146 valence electrons. The van der Waals surface area contributed by atoms with Crippen LogP contribution in [-0.4, -0.2) is 51.9 Å². The molecular formula is C19H23NO6S. The minimum Gasteiger partial charge on any atom is -0.480 e. The Hall–Kier alpha value is -2.35. The first-order chi connectivity index (χ1) is 12.8. The summed E-state index contributed by atoms with van der Waals surface area (Å²) in [5, 5.41) is 9.55. The van der Waals surface area contributed by atoms with Crippen molar-refractivity contribution < 1.29 is 29.0 Å². The number of methoxy groups -OCH3 is 1. The van der Waals surface area contributed by atoms with Crippen LogP contribution in [0.3, 0.4) is 0 Å². The van der Waals surface area contributed by atoms with Crippen molar-refractivity contribution in [3.05, 3.63) is 35.9 Å². The molecule has 1 amide bonds. The number of carboxylic acids is 1. The normalized spacial score (nSPS) is 22.9. The quantitative estimate of drug-likeness (QED) is 0.739. The second-order valence-corrected chi connectivity index (χ2v) is 7.72. The largest absolute Gasteiger partial charge is 0.480 e. The smallest absolute Gasteiger partial charge is 0.326 e. The number of amides is 1. The van der Waals surface area contributed by atoms with Gasteiger partial charge in [-0.1, -0.05) is 49.0 Å². The van der Waals surface area contributed by atoms with Gasteiger partial charge in [-0.05, 0) is 12.0 Å². The zero-order chi connectivity index (χ0) is 20.1. The lowest BCUT2D eigenvalue weighted by Gasteiger charge is -2.32. The van der Waals surface area contributed by atoms with Gasteiger partial charge < -0.3 is 14.7 Å². The SMILES string of the molecule is COC(=O)[C@H]1C[C@@H](C(=O)O)N(C(=O)[C@H](C)CSC(C)=O)[C@@H]1c1ccccc1. The molecular weight excluding hydrogens is 370 g/mol. The van der Waals surface area contributed by atoms with Gasteiger partial charge in [0.05, 0.1) is 19.1 Å². The number of benzene rings is 1. The Labute approximate surface area is 162 Å². The van der Waals surface area contributed by atoms with Crippen LogP contribution < -0.4 is 0 Å². The van der Waals surface area contributed by atoms with E-state index in [0.717, 1.165) is 11.8 Å². The number of esters is 1. The number of nitrogens with zero attached hydrogens (tertiary/aromatic N) is 1. The van der Waals surface area contributed by atoms with Crippen LogP contribution in [0, 0.1) is 11.8 Å². The fourth-order valence-corrected chi connectivity index (χ4v) is 4.00. The minimum atomic E-state index is -1.16. The van der Waals surface area contributed by atoms with Gasteiger partial charge in [-0.3, -0.25) is 14.4 Å². The second kappa shape index (κ2) is 9.03. The van der Waals surface area contributed by atoms with E-state index in [0.29, 0.717) is 5.56 Å². The summed E-state index contributed by atoms with van der Waals surface area (Å²) >= 11 is 1.02. The average Bonchev–Trinajstić information content (AvgIpc) is 3.06. The van der Waals surface area contributed by atoms with Crippen molar-refractivity contribution in [1.82, 2.24) is 4.90 Å². The van der Waals surface area contributed by atoms with E-state index in [1.54, 1.807) is 37.3 Å². The maximum absolute atomic E-state index is 13.1. The summed E-state index contributed by atoms with van der Waals surface area (Å²) in [7, 11) is 1.25. The standard InChI is InChI=1S/C19H23NO6S/c1-11(10-27-12(2)21)17(22)20-15(18(23)24)9-14(19(25)26-3)16(20)13-7-5-4-6-8-13/h4-8,11,14-16H,9-10H2,1-3H3,(H,23,24)/t11-,14+,15+,16-/m1/s1. The molecule has 0 saturated carbocycles. The average molecular weight is 393 g/mol. The number of hydrogen-bond acceptors (Lipinski definition) is 6. The monoisotopic (exact) mass is 393 g/mol. The molecule has 1 aromatic rings. The van der Waals surface area contributed by atoms with E-state index in [-0.39, 0.29) is 17.3 Å². The van der Waals surface area contributed by atoms with Gasteiger partial charge in [-0.25, -0.2) is 4.79 Å². The van der Waals surface area contributed by atoms with E-state index >= 15 is 0 Å². The highest BCUT2D eigenvalue weighted by atomic mass is 32.2. The number of carbonyl (C=O) groups excluding carboxylic acids is 3. The van der Waals surface area contributed by atoms with Gasteiger partial charge in [0, 0.05) is 18.6 Å². The summed E-state index contributed by atoms with van der Waals surface area (Å²) in [5.41, 5.74) is 0.677. The van der Waals surface area contributed by atoms with Gasteiger partial charge >= 0.3 is 11.9 Å². The Morgan fingerprint density at radius 3 is 2.41 bits per heavy atom. The van der Waals surface area contributed by atoms with Crippen molar-refractivity contribution in [1.29, 1.82) is 0 Å². The van der Waals surface area contributed by atoms with Crippen molar-refractivity contribution in [2.75, 3.05) is 12.9 Å².